The molecule has 4 nitrogen and oxygen atoms in total. The van der Waals surface area contributed by atoms with Crippen LogP contribution in [0.2, 0.25) is 0 Å². The van der Waals surface area contributed by atoms with Gasteiger partial charge < -0.3 is 4.74 Å². The van der Waals surface area contributed by atoms with Crippen molar-refractivity contribution in [1.82, 2.24) is 0 Å². The summed E-state index contributed by atoms with van der Waals surface area (Å²) in [4.78, 5) is 0.231. The summed E-state index contributed by atoms with van der Waals surface area (Å²) in [6.07, 6.45) is 15.8. The van der Waals surface area contributed by atoms with Gasteiger partial charge in [0.25, 0.3) is 10.0 Å². The van der Waals surface area contributed by atoms with Crippen LogP contribution >= 0.6 is 0 Å². The third kappa shape index (κ3) is 10.7. The van der Waals surface area contributed by atoms with Gasteiger partial charge >= 0.3 is 0 Å². The summed E-state index contributed by atoms with van der Waals surface area (Å²) in [6, 6.07) is 15.5. The molecule has 2 aromatic rings. The van der Waals surface area contributed by atoms with E-state index < -0.39 is 10.0 Å². The molecule has 1 N–H and O–H groups in total. The first-order chi connectivity index (χ1) is 15.1. The Balaban J connectivity index is 1.54. The van der Waals surface area contributed by atoms with Crippen molar-refractivity contribution in [3.05, 3.63) is 54.6 Å². The summed E-state index contributed by atoms with van der Waals surface area (Å²) < 4.78 is 33.2. The van der Waals surface area contributed by atoms with E-state index in [2.05, 4.69) is 11.6 Å². The van der Waals surface area contributed by atoms with Gasteiger partial charge in [0, 0.05) is 5.69 Å². The van der Waals surface area contributed by atoms with E-state index >= 15 is 0 Å². The molecule has 5 heteroatoms. The largest absolute Gasteiger partial charge is 0.494 e. The number of unbranched alkanes of at least 4 members (excludes halogenated alkanes) is 11. The van der Waals surface area contributed by atoms with Crippen molar-refractivity contribution >= 4 is 15.7 Å². The molecule has 0 unspecified atom stereocenters. The molecule has 0 bridgehead atoms. The first kappa shape index (κ1) is 25.3. The van der Waals surface area contributed by atoms with Crippen LogP contribution in [0.1, 0.15) is 84.0 Å². The first-order valence-corrected chi connectivity index (χ1v) is 13.4. The van der Waals surface area contributed by atoms with Crippen LogP contribution in [-0.2, 0) is 10.0 Å². The SMILES string of the molecule is CCCCCCCCCCCCCCOc1ccc(S(=O)(=O)Nc2ccccc2)cc1. The maximum Gasteiger partial charge on any atom is 0.261 e. The number of hydrogen-bond donors (Lipinski definition) is 1. The number of benzene rings is 2. The molecule has 2 rings (SSSR count). The van der Waals surface area contributed by atoms with E-state index in [0.717, 1.165) is 6.42 Å². The molecule has 0 saturated heterocycles. The van der Waals surface area contributed by atoms with Crippen molar-refractivity contribution < 1.29 is 13.2 Å². The summed E-state index contributed by atoms with van der Waals surface area (Å²) in [5, 5.41) is 0. The molecule has 0 saturated carbocycles. The Labute approximate surface area is 189 Å². The van der Waals surface area contributed by atoms with Crippen molar-refractivity contribution in [1.29, 1.82) is 0 Å². The van der Waals surface area contributed by atoms with Crippen LogP contribution in [0.3, 0.4) is 0 Å². The van der Waals surface area contributed by atoms with E-state index in [1.54, 1.807) is 48.5 Å². The lowest BCUT2D eigenvalue weighted by molar-refractivity contribution is 0.304. The zero-order valence-corrected chi connectivity index (χ0v) is 19.8. The van der Waals surface area contributed by atoms with Crippen molar-refractivity contribution in [3.8, 4) is 5.75 Å². The highest BCUT2D eigenvalue weighted by atomic mass is 32.2. The number of anilines is 1. The molecule has 172 valence electrons. The average Bonchev–Trinajstić information content (AvgIpc) is 2.78. The van der Waals surface area contributed by atoms with E-state index in [4.69, 9.17) is 4.74 Å². The van der Waals surface area contributed by atoms with E-state index in [0.29, 0.717) is 18.0 Å². The molecular weight excluding hydrogens is 406 g/mol. The molecule has 0 fully saturated rings. The highest BCUT2D eigenvalue weighted by molar-refractivity contribution is 7.92. The van der Waals surface area contributed by atoms with Crippen LogP contribution in [0.25, 0.3) is 0 Å². The average molecular weight is 446 g/mol. The molecule has 0 radical (unpaired) electrons. The number of sulfonamides is 1. The predicted octanol–water partition coefficient (Wildman–Crippen LogP) is 7.57. The molecular formula is C26H39NO3S. The zero-order chi connectivity index (χ0) is 22.2. The molecule has 0 atom stereocenters. The lowest BCUT2D eigenvalue weighted by atomic mass is 10.1. The molecule has 2 aromatic carbocycles. The summed E-state index contributed by atoms with van der Waals surface area (Å²) in [7, 11) is -3.58. The van der Waals surface area contributed by atoms with Crippen molar-refractivity contribution in [2.24, 2.45) is 0 Å². The third-order valence-corrected chi connectivity index (χ3v) is 6.82. The van der Waals surface area contributed by atoms with Crippen molar-refractivity contribution in [3.63, 3.8) is 0 Å². The molecule has 0 amide bonds. The maximum atomic E-state index is 12.4. The fraction of sp³-hybridized carbons (Fsp3) is 0.538. The lowest BCUT2D eigenvalue weighted by Gasteiger charge is -2.10. The predicted molar refractivity (Wildman–Crippen MR) is 130 cm³/mol. The Kier molecular flexibility index (Phi) is 12.1. The smallest absolute Gasteiger partial charge is 0.261 e. The zero-order valence-electron chi connectivity index (χ0n) is 19.0. The molecule has 0 aromatic heterocycles. The van der Waals surface area contributed by atoms with Gasteiger partial charge in [-0.1, -0.05) is 95.8 Å². The quantitative estimate of drug-likeness (QED) is 0.255. The van der Waals surface area contributed by atoms with Crippen LogP contribution in [-0.4, -0.2) is 15.0 Å². The first-order valence-electron chi connectivity index (χ1n) is 11.9. The fourth-order valence-corrected chi connectivity index (χ4v) is 4.63. The van der Waals surface area contributed by atoms with Crippen LogP contribution in [0.4, 0.5) is 5.69 Å². The Morgan fingerprint density at radius 2 is 1.19 bits per heavy atom. The number of hydrogen-bond acceptors (Lipinski definition) is 3. The van der Waals surface area contributed by atoms with Crippen molar-refractivity contribution in [2.45, 2.75) is 88.9 Å². The van der Waals surface area contributed by atoms with E-state index in [1.165, 1.54) is 70.6 Å². The standard InChI is InChI=1S/C26H39NO3S/c1-2-3-4-5-6-7-8-9-10-11-12-16-23-30-25-19-21-26(22-20-25)31(28,29)27-24-17-14-13-15-18-24/h13-15,17-22,27H,2-12,16,23H2,1H3. The Hall–Kier alpha value is -2.01. The van der Waals surface area contributed by atoms with E-state index in [9.17, 15) is 8.42 Å². The minimum Gasteiger partial charge on any atom is -0.494 e. The van der Waals surface area contributed by atoms with Crippen LogP contribution in [0.15, 0.2) is 59.5 Å². The van der Waals surface area contributed by atoms with Gasteiger partial charge in [-0.2, -0.15) is 0 Å². The topological polar surface area (TPSA) is 55.4 Å². The molecule has 0 aliphatic heterocycles. The number of ether oxygens (including phenoxy) is 1. The van der Waals surface area contributed by atoms with Gasteiger partial charge in [-0.25, -0.2) is 8.42 Å². The molecule has 0 aliphatic rings. The third-order valence-electron chi connectivity index (χ3n) is 5.43. The van der Waals surface area contributed by atoms with Crippen LogP contribution in [0, 0.1) is 0 Å². The van der Waals surface area contributed by atoms with Gasteiger partial charge in [-0.15, -0.1) is 0 Å². The van der Waals surface area contributed by atoms with Gasteiger partial charge in [-0.3, -0.25) is 4.72 Å². The second kappa shape index (κ2) is 14.9. The molecule has 0 heterocycles. The molecule has 0 spiro atoms. The second-order valence-electron chi connectivity index (χ2n) is 8.18. The molecule has 31 heavy (non-hydrogen) atoms. The minimum atomic E-state index is -3.58. The van der Waals surface area contributed by atoms with Gasteiger partial charge in [0.15, 0.2) is 0 Å². The van der Waals surface area contributed by atoms with Gasteiger partial charge in [-0.05, 0) is 42.8 Å². The number of nitrogens with one attached hydrogen (secondary N) is 1. The van der Waals surface area contributed by atoms with Crippen molar-refractivity contribution in [2.75, 3.05) is 11.3 Å². The van der Waals surface area contributed by atoms with Gasteiger partial charge in [0.05, 0.1) is 11.5 Å². The Morgan fingerprint density at radius 1 is 0.677 bits per heavy atom. The minimum absolute atomic E-state index is 0.231. The highest BCUT2D eigenvalue weighted by Gasteiger charge is 2.13. The van der Waals surface area contributed by atoms with Gasteiger partial charge in [0.1, 0.15) is 5.75 Å². The maximum absolute atomic E-state index is 12.4. The second-order valence-corrected chi connectivity index (χ2v) is 9.86. The van der Waals surface area contributed by atoms with Crippen LogP contribution in [0.5, 0.6) is 5.75 Å². The van der Waals surface area contributed by atoms with Gasteiger partial charge in [0.2, 0.25) is 0 Å². The number of para-hydroxylation sites is 1. The van der Waals surface area contributed by atoms with E-state index in [-0.39, 0.29) is 4.90 Å². The normalized spacial score (nSPS) is 11.4. The summed E-state index contributed by atoms with van der Waals surface area (Å²) in [5.41, 5.74) is 0.551. The summed E-state index contributed by atoms with van der Waals surface area (Å²) in [5.74, 6) is 0.710. The summed E-state index contributed by atoms with van der Waals surface area (Å²) >= 11 is 0. The lowest BCUT2D eigenvalue weighted by Crippen LogP contribution is -2.12. The fourth-order valence-electron chi connectivity index (χ4n) is 3.57. The highest BCUT2D eigenvalue weighted by Crippen LogP contribution is 2.19. The van der Waals surface area contributed by atoms with Crippen LogP contribution < -0.4 is 9.46 Å². The van der Waals surface area contributed by atoms with E-state index in [1.807, 2.05) is 6.07 Å². The monoisotopic (exact) mass is 445 g/mol. The Morgan fingerprint density at radius 3 is 1.74 bits per heavy atom. The Bertz CT molecular complexity index is 804. The summed E-state index contributed by atoms with van der Waals surface area (Å²) in [6.45, 7) is 2.94. The number of rotatable bonds is 17. The molecule has 0 aliphatic carbocycles.